The molecule has 0 saturated carbocycles. The highest BCUT2D eigenvalue weighted by molar-refractivity contribution is 5.92. The second-order valence-electron chi connectivity index (χ2n) is 4.44. The predicted octanol–water partition coefficient (Wildman–Crippen LogP) is 1.09. The Morgan fingerprint density at radius 3 is 2.89 bits per heavy atom. The highest BCUT2D eigenvalue weighted by atomic mass is 35.5. The number of hydrogen-bond donors (Lipinski definition) is 2. The molecule has 2 N–H and O–H groups in total. The number of aromatic nitrogens is 3. The predicted molar refractivity (Wildman–Crippen MR) is 74.5 cm³/mol. The maximum absolute atomic E-state index is 12.1. The Morgan fingerprint density at radius 1 is 1.32 bits per heavy atom. The van der Waals surface area contributed by atoms with Crippen LogP contribution in [-0.4, -0.2) is 33.6 Å². The summed E-state index contributed by atoms with van der Waals surface area (Å²) in [6.45, 7) is 1.82. The average Bonchev–Trinajstić information content (AvgIpc) is 2.89. The van der Waals surface area contributed by atoms with Gasteiger partial charge in [-0.15, -0.1) is 12.4 Å². The molecule has 0 radical (unpaired) electrons. The fourth-order valence-corrected chi connectivity index (χ4v) is 2.24. The van der Waals surface area contributed by atoms with Crippen molar-refractivity contribution < 1.29 is 4.79 Å². The van der Waals surface area contributed by atoms with Gasteiger partial charge in [-0.1, -0.05) is 0 Å². The van der Waals surface area contributed by atoms with Gasteiger partial charge in [-0.25, -0.2) is 4.98 Å². The Kier molecular flexibility index (Phi) is 4.34. The number of nitrogens with zero attached hydrogens (tertiary/aromatic N) is 3. The minimum Gasteiger partial charge on any atom is -0.317 e. The third-order valence-electron chi connectivity index (χ3n) is 3.25. The molecule has 2 aromatic rings. The van der Waals surface area contributed by atoms with E-state index in [0.717, 1.165) is 31.6 Å². The molecule has 0 bridgehead atoms. The molecule has 2 aromatic heterocycles. The maximum atomic E-state index is 12.1. The first kappa shape index (κ1) is 13.8. The average molecular weight is 282 g/mol. The molecule has 1 fully saturated rings. The lowest BCUT2D eigenvalue weighted by Gasteiger charge is -2.21. The first-order valence-corrected chi connectivity index (χ1v) is 6.15. The number of piperidine rings is 1. The summed E-state index contributed by atoms with van der Waals surface area (Å²) < 4.78 is 1.64. The lowest BCUT2D eigenvalue weighted by Crippen LogP contribution is -2.35. The molecular weight excluding hydrogens is 266 g/mol. The molecule has 19 heavy (non-hydrogen) atoms. The fourth-order valence-electron chi connectivity index (χ4n) is 2.24. The van der Waals surface area contributed by atoms with Crippen LogP contribution in [0.1, 0.15) is 12.8 Å². The zero-order valence-electron chi connectivity index (χ0n) is 10.4. The van der Waals surface area contributed by atoms with Gasteiger partial charge in [0.15, 0.2) is 5.65 Å². The number of halogens is 1. The number of hydrogen-bond acceptors (Lipinski definition) is 4. The third-order valence-corrected chi connectivity index (χ3v) is 3.25. The number of anilines is 1. The SMILES string of the molecule is Cl.O=C(Nc1ccnc2ccnn12)C1CCNCC1. The van der Waals surface area contributed by atoms with Gasteiger partial charge in [0.2, 0.25) is 5.91 Å². The van der Waals surface area contributed by atoms with Crippen molar-refractivity contribution in [3.63, 3.8) is 0 Å². The molecule has 102 valence electrons. The molecule has 0 aliphatic carbocycles. The van der Waals surface area contributed by atoms with Gasteiger partial charge in [0, 0.05) is 18.2 Å². The van der Waals surface area contributed by atoms with Crippen LogP contribution in [0, 0.1) is 5.92 Å². The second-order valence-corrected chi connectivity index (χ2v) is 4.44. The maximum Gasteiger partial charge on any atom is 0.228 e. The van der Waals surface area contributed by atoms with Crippen molar-refractivity contribution in [3.8, 4) is 0 Å². The molecule has 0 aromatic carbocycles. The van der Waals surface area contributed by atoms with E-state index in [1.807, 2.05) is 0 Å². The van der Waals surface area contributed by atoms with Gasteiger partial charge in [0.05, 0.1) is 6.20 Å². The van der Waals surface area contributed by atoms with E-state index in [1.165, 1.54) is 0 Å². The molecule has 1 aliphatic rings. The highest BCUT2D eigenvalue weighted by Gasteiger charge is 2.21. The molecular formula is C12H16ClN5O. The summed E-state index contributed by atoms with van der Waals surface area (Å²) in [6, 6.07) is 3.57. The zero-order valence-corrected chi connectivity index (χ0v) is 11.2. The van der Waals surface area contributed by atoms with Crippen molar-refractivity contribution in [2.24, 2.45) is 5.92 Å². The van der Waals surface area contributed by atoms with Crippen LogP contribution in [0.4, 0.5) is 5.82 Å². The molecule has 0 spiro atoms. The third kappa shape index (κ3) is 2.85. The van der Waals surface area contributed by atoms with E-state index in [-0.39, 0.29) is 24.2 Å². The van der Waals surface area contributed by atoms with E-state index in [9.17, 15) is 4.79 Å². The number of nitrogens with one attached hydrogen (secondary N) is 2. The minimum absolute atomic E-state index is 0. The van der Waals surface area contributed by atoms with Crippen molar-refractivity contribution in [2.45, 2.75) is 12.8 Å². The van der Waals surface area contributed by atoms with E-state index in [4.69, 9.17) is 0 Å². The molecule has 0 unspecified atom stereocenters. The number of fused-ring (bicyclic) bond motifs is 1. The first-order chi connectivity index (χ1) is 8.84. The van der Waals surface area contributed by atoms with Crippen LogP contribution in [0.15, 0.2) is 24.5 Å². The van der Waals surface area contributed by atoms with Gasteiger partial charge in [0.25, 0.3) is 0 Å². The Morgan fingerprint density at radius 2 is 2.11 bits per heavy atom. The van der Waals surface area contributed by atoms with E-state index >= 15 is 0 Å². The standard InChI is InChI=1S/C12H15N5O.ClH/c18-12(9-1-5-13-6-2-9)16-11-3-7-14-10-4-8-15-17(10)11;/h3-4,7-9,13H,1-2,5-6H2,(H,16,18);1H. The summed E-state index contributed by atoms with van der Waals surface area (Å²) in [5, 5.41) is 10.3. The fraction of sp³-hybridized carbons (Fsp3) is 0.417. The summed E-state index contributed by atoms with van der Waals surface area (Å²) in [4.78, 5) is 16.3. The molecule has 1 aliphatic heterocycles. The van der Waals surface area contributed by atoms with Crippen LogP contribution < -0.4 is 10.6 Å². The van der Waals surface area contributed by atoms with Crippen molar-refractivity contribution in [2.75, 3.05) is 18.4 Å². The van der Waals surface area contributed by atoms with Crippen LogP contribution in [0.25, 0.3) is 5.65 Å². The van der Waals surface area contributed by atoms with Gasteiger partial charge < -0.3 is 10.6 Å². The molecule has 1 amide bonds. The summed E-state index contributed by atoms with van der Waals surface area (Å²) >= 11 is 0. The topological polar surface area (TPSA) is 71.3 Å². The molecule has 3 rings (SSSR count). The summed E-state index contributed by atoms with van der Waals surface area (Å²) in [5.41, 5.74) is 0.734. The Labute approximate surface area is 117 Å². The largest absolute Gasteiger partial charge is 0.317 e. The van der Waals surface area contributed by atoms with Gasteiger partial charge in [0.1, 0.15) is 5.82 Å². The quantitative estimate of drug-likeness (QED) is 0.864. The van der Waals surface area contributed by atoms with Crippen molar-refractivity contribution in [3.05, 3.63) is 24.5 Å². The summed E-state index contributed by atoms with van der Waals surface area (Å²) in [6.07, 6.45) is 5.12. The first-order valence-electron chi connectivity index (χ1n) is 6.15. The zero-order chi connectivity index (χ0) is 12.4. The summed E-state index contributed by atoms with van der Waals surface area (Å²) in [5.74, 6) is 0.832. The van der Waals surface area contributed by atoms with Crippen LogP contribution in [-0.2, 0) is 4.79 Å². The summed E-state index contributed by atoms with van der Waals surface area (Å²) in [7, 11) is 0. The van der Waals surface area contributed by atoms with E-state index in [0.29, 0.717) is 5.82 Å². The molecule has 0 atom stereocenters. The van der Waals surface area contributed by atoms with Crippen LogP contribution in [0.3, 0.4) is 0 Å². The Hall–Kier alpha value is -1.66. The highest BCUT2D eigenvalue weighted by Crippen LogP contribution is 2.15. The van der Waals surface area contributed by atoms with Crippen molar-refractivity contribution in [1.29, 1.82) is 0 Å². The monoisotopic (exact) mass is 281 g/mol. The van der Waals surface area contributed by atoms with Crippen LogP contribution >= 0.6 is 12.4 Å². The van der Waals surface area contributed by atoms with Gasteiger partial charge >= 0.3 is 0 Å². The second kappa shape index (κ2) is 5.99. The smallest absolute Gasteiger partial charge is 0.228 e. The number of amides is 1. The van der Waals surface area contributed by atoms with Gasteiger partial charge in [-0.05, 0) is 32.0 Å². The minimum atomic E-state index is 0. The van der Waals surface area contributed by atoms with Crippen LogP contribution in [0.5, 0.6) is 0 Å². The normalized spacial score (nSPS) is 16.0. The van der Waals surface area contributed by atoms with Gasteiger partial charge in [-0.3, -0.25) is 4.79 Å². The van der Waals surface area contributed by atoms with E-state index in [1.54, 1.807) is 29.0 Å². The van der Waals surface area contributed by atoms with Gasteiger partial charge in [-0.2, -0.15) is 9.61 Å². The molecule has 6 nitrogen and oxygen atoms in total. The van der Waals surface area contributed by atoms with Crippen molar-refractivity contribution >= 4 is 29.8 Å². The lowest BCUT2D eigenvalue weighted by molar-refractivity contribution is -0.120. The molecule has 1 saturated heterocycles. The molecule has 3 heterocycles. The van der Waals surface area contributed by atoms with E-state index < -0.39 is 0 Å². The lowest BCUT2D eigenvalue weighted by atomic mass is 9.97. The Balaban J connectivity index is 0.00000133. The van der Waals surface area contributed by atoms with E-state index in [2.05, 4.69) is 20.7 Å². The van der Waals surface area contributed by atoms with Crippen LogP contribution in [0.2, 0.25) is 0 Å². The molecule has 7 heteroatoms. The Bertz CT molecular complexity index is 564. The number of carbonyl (C=O) groups is 1. The number of carbonyl (C=O) groups excluding carboxylic acids is 1. The number of rotatable bonds is 2. The van der Waals surface area contributed by atoms with Crippen molar-refractivity contribution in [1.82, 2.24) is 19.9 Å².